The number of hydrogen-bond donors (Lipinski definition) is 2. The molecule has 0 unspecified atom stereocenters. The lowest BCUT2D eigenvalue weighted by molar-refractivity contribution is -0.118. The number of nitrogens with zero attached hydrogens (tertiary/aromatic N) is 1. The summed E-state index contributed by atoms with van der Waals surface area (Å²) < 4.78 is 0. The van der Waals surface area contributed by atoms with Crippen molar-refractivity contribution in [3.05, 3.63) is 81.8 Å². The third-order valence-corrected chi connectivity index (χ3v) is 6.14. The van der Waals surface area contributed by atoms with Gasteiger partial charge in [0.25, 0.3) is 5.91 Å². The summed E-state index contributed by atoms with van der Waals surface area (Å²) in [6.45, 7) is 10.1. The number of carbonyl (C=O) groups excluding carboxylic acids is 2. The van der Waals surface area contributed by atoms with Crippen molar-refractivity contribution in [3.8, 4) is 0 Å². The van der Waals surface area contributed by atoms with Crippen LogP contribution in [0.5, 0.6) is 0 Å². The molecule has 0 radical (unpaired) electrons. The van der Waals surface area contributed by atoms with Gasteiger partial charge in [0.1, 0.15) is 5.82 Å². The summed E-state index contributed by atoms with van der Waals surface area (Å²) in [7, 11) is 0. The van der Waals surface area contributed by atoms with Crippen LogP contribution in [0, 0.1) is 19.3 Å². The zero-order valence-corrected chi connectivity index (χ0v) is 18.8. The largest absolute Gasteiger partial charge is 0.362 e. The van der Waals surface area contributed by atoms with E-state index in [1.807, 2.05) is 57.2 Å². The first-order valence-electron chi connectivity index (χ1n) is 10.7. The van der Waals surface area contributed by atoms with Gasteiger partial charge in [-0.15, -0.1) is 0 Å². The van der Waals surface area contributed by atoms with Gasteiger partial charge in [0.15, 0.2) is 5.78 Å². The van der Waals surface area contributed by atoms with Crippen LogP contribution in [-0.2, 0) is 9.59 Å². The Morgan fingerprint density at radius 1 is 1.13 bits per heavy atom. The molecule has 1 atom stereocenters. The normalized spacial score (nSPS) is 20.3. The molecule has 1 aliphatic heterocycles. The first kappa shape index (κ1) is 21.0. The Labute approximate surface area is 183 Å². The van der Waals surface area contributed by atoms with Crippen molar-refractivity contribution in [2.45, 2.75) is 53.4 Å². The van der Waals surface area contributed by atoms with Gasteiger partial charge in [0, 0.05) is 41.1 Å². The Bertz CT molecular complexity index is 1140. The number of ketones is 1. The summed E-state index contributed by atoms with van der Waals surface area (Å²) in [6.07, 6.45) is 2.93. The number of pyridine rings is 1. The molecule has 1 aromatic carbocycles. The minimum atomic E-state index is -0.397. The fourth-order valence-electron chi connectivity index (χ4n) is 4.75. The molecule has 1 amide bonds. The Morgan fingerprint density at radius 3 is 2.58 bits per heavy atom. The van der Waals surface area contributed by atoms with Crippen molar-refractivity contribution < 1.29 is 9.59 Å². The molecule has 2 aliphatic rings. The summed E-state index contributed by atoms with van der Waals surface area (Å²) in [6, 6.07) is 11.7. The van der Waals surface area contributed by atoms with E-state index in [1.165, 1.54) is 0 Å². The summed E-state index contributed by atoms with van der Waals surface area (Å²) in [5.74, 6) is -0.0189. The smallest absolute Gasteiger partial charge is 0.255 e. The zero-order chi connectivity index (χ0) is 22.3. The molecular formula is C26H29N3O2. The van der Waals surface area contributed by atoms with Crippen molar-refractivity contribution in [2.24, 2.45) is 5.41 Å². The molecule has 2 heterocycles. The second-order valence-corrected chi connectivity index (χ2v) is 9.46. The molecule has 0 saturated carbocycles. The van der Waals surface area contributed by atoms with E-state index in [4.69, 9.17) is 0 Å². The number of dihydropyridines is 1. The number of rotatable bonds is 3. The third kappa shape index (κ3) is 4.05. The Hall–Kier alpha value is -3.21. The van der Waals surface area contributed by atoms with Gasteiger partial charge >= 0.3 is 0 Å². The van der Waals surface area contributed by atoms with Crippen LogP contribution in [0.15, 0.2) is 65.1 Å². The maximum Gasteiger partial charge on any atom is 0.255 e. The lowest BCUT2D eigenvalue weighted by Crippen LogP contribution is -2.39. The molecule has 31 heavy (non-hydrogen) atoms. The van der Waals surface area contributed by atoms with Gasteiger partial charge in [-0.25, -0.2) is 4.98 Å². The van der Waals surface area contributed by atoms with Crippen LogP contribution in [0.3, 0.4) is 0 Å². The molecule has 0 saturated heterocycles. The molecule has 0 bridgehead atoms. The summed E-state index contributed by atoms with van der Waals surface area (Å²) in [5, 5.41) is 6.36. The van der Waals surface area contributed by atoms with Crippen LogP contribution >= 0.6 is 0 Å². The molecule has 0 fully saturated rings. The van der Waals surface area contributed by atoms with Crippen molar-refractivity contribution in [1.82, 2.24) is 10.3 Å². The van der Waals surface area contributed by atoms with Gasteiger partial charge in [0.05, 0.1) is 0 Å². The molecular weight excluding hydrogens is 386 g/mol. The van der Waals surface area contributed by atoms with Gasteiger partial charge < -0.3 is 10.6 Å². The zero-order valence-electron chi connectivity index (χ0n) is 18.8. The highest BCUT2D eigenvalue weighted by molar-refractivity contribution is 6.09. The van der Waals surface area contributed by atoms with Crippen LogP contribution in [0.25, 0.3) is 0 Å². The van der Waals surface area contributed by atoms with Gasteiger partial charge in [-0.1, -0.05) is 38.1 Å². The fraction of sp³-hybridized carbons (Fsp3) is 0.346. The summed E-state index contributed by atoms with van der Waals surface area (Å²) >= 11 is 0. The van der Waals surface area contributed by atoms with Crippen LogP contribution < -0.4 is 10.6 Å². The molecule has 160 valence electrons. The van der Waals surface area contributed by atoms with E-state index in [1.54, 1.807) is 6.20 Å². The average molecular weight is 416 g/mol. The molecule has 5 heteroatoms. The van der Waals surface area contributed by atoms with Crippen LogP contribution in [-0.4, -0.2) is 16.7 Å². The van der Waals surface area contributed by atoms with E-state index in [-0.39, 0.29) is 17.1 Å². The molecule has 1 aliphatic carbocycles. The van der Waals surface area contributed by atoms with Crippen molar-refractivity contribution in [3.63, 3.8) is 0 Å². The quantitative estimate of drug-likeness (QED) is 0.745. The highest BCUT2D eigenvalue weighted by Crippen LogP contribution is 2.47. The predicted octanol–water partition coefficient (Wildman–Crippen LogP) is 4.94. The summed E-state index contributed by atoms with van der Waals surface area (Å²) in [4.78, 5) is 31.1. The minimum Gasteiger partial charge on any atom is -0.362 e. The fourth-order valence-corrected chi connectivity index (χ4v) is 4.75. The van der Waals surface area contributed by atoms with Gasteiger partial charge in [-0.2, -0.15) is 0 Å². The van der Waals surface area contributed by atoms with Gasteiger partial charge in [0.2, 0.25) is 0 Å². The average Bonchev–Trinajstić information content (AvgIpc) is 2.66. The van der Waals surface area contributed by atoms with Gasteiger partial charge in [-0.05, 0) is 61.4 Å². The minimum absolute atomic E-state index is 0.106. The van der Waals surface area contributed by atoms with Gasteiger partial charge in [-0.3, -0.25) is 9.59 Å². The molecule has 2 N–H and O–H groups in total. The Balaban J connectivity index is 1.83. The Kier molecular flexibility index (Phi) is 5.29. The van der Waals surface area contributed by atoms with Crippen molar-refractivity contribution in [2.75, 3.05) is 5.32 Å². The topological polar surface area (TPSA) is 71.1 Å². The SMILES string of the molecule is CC1=C(C(=O)Nc2cc(C)ccn2)[C@H](c2ccccc2C)C2=C(CC(C)(C)CC2=O)N1. The van der Waals surface area contributed by atoms with Crippen LogP contribution in [0.4, 0.5) is 5.82 Å². The standard InChI is InChI=1S/C26H29N3O2/c1-15-10-11-27-21(12-15)29-25(31)22-17(3)28-19-13-26(4,5)14-20(30)24(19)23(22)18-9-7-6-8-16(18)2/h6-12,23,28H,13-14H2,1-5H3,(H,27,29,31)/t23-/m0/s1. The predicted molar refractivity (Wildman–Crippen MR) is 122 cm³/mol. The number of hydrogen-bond acceptors (Lipinski definition) is 4. The number of allylic oxidation sites excluding steroid dienone is 3. The van der Waals surface area contributed by atoms with E-state index >= 15 is 0 Å². The van der Waals surface area contributed by atoms with E-state index in [0.29, 0.717) is 17.8 Å². The maximum atomic E-state index is 13.5. The maximum absolute atomic E-state index is 13.5. The number of aryl methyl sites for hydroxylation is 2. The van der Waals surface area contributed by atoms with Crippen LogP contribution in [0.2, 0.25) is 0 Å². The van der Waals surface area contributed by atoms with E-state index in [9.17, 15) is 9.59 Å². The molecule has 1 aromatic heterocycles. The van der Waals surface area contributed by atoms with Crippen LogP contribution in [0.1, 0.15) is 56.2 Å². The number of nitrogens with one attached hydrogen (secondary N) is 2. The lowest BCUT2D eigenvalue weighted by atomic mass is 9.68. The number of anilines is 1. The number of carbonyl (C=O) groups is 2. The molecule has 5 nitrogen and oxygen atoms in total. The van der Waals surface area contributed by atoms with Crippen molar-refractivity contribution in [1.29, 1.82) is 0 Å². The molecule has 0 spiro atoms. The molecule has 2 aromatic rings. The molecule has 4 rings (SSSR count). The third-order valence-electron chi connectivity index (χ3n) is 6.14. The number of benzene rings is 1. The first-order chi connectivity index (χ1) is 14.7. The van der Waals surface area contributed by atoms with E-state index in [0.717, 1.165) is 40.1 Å². The number of aromatic nitrogens is 1. The first-order valence-corrected chi connectivity index (χ1v) is 10.7. The highest BCUT2D eigenvalue weighted by atomic mass is 16.2. The second kappa shape index (κ2) is 7.80. The second-order valence-electron chi connectivity index (χ2n) is 9.46. The summed E-state index contributed by atoms with van der Waals surface area (Å²) in [5.41, 5.74) is 5.98. The van der Waals surface area contributed by atoms with Crippen molar-refractivity contribution >= 4 is 17.5 Å². The Morgan fingerprint density at radius 2 is 1.87 bits per heavy atom. The monoisotopic (exact) mass is 415 g/mol. The van der Waals surface area contributed by atoms with E-state index in [2.05, 4.69) is 29.5 Å². The number of amides is 1. The van der Waals surface area contributed by atoms with E-state index < -0.39 is 5.92 Å². The number of Topliss-reactive ketones (excluding diaryl/α,β-unsaturated/α-hetero) is 1. The highest BCUT2D eigenvalue weighted by Gasteiger charge is 2.43. The lowest BCUT2D eigenvalue weighted by Gasteiger charge is -2.40.